The number of halogens is 3. The molecule has 1 N–H and O–H groups in total. The van der Waals surface area contributed by atoms with Crippen LogP contribution >= 0.6 is 0 Å². The zero-order valence-corrected chi connectivity index (χ0v) is 11.7. The van der Waals surface area contributed by atoms with Crippen molar-refractivity contribution in [3.8, 4) is 5.69 Å². The Morgan fingerprint density at radius 1 is 1.29 bits per heavy atom. The summed E-state index contributed by atoms with van der Waals surface area (Å²) in [6.07, 6.45) is -3.55. The molecule has 0 fully saturated rings. The van der Waals surface area contributed by atoms with Crippen molar-refractivity contribution < 1.29 is 13.2 Å². The standard InChI is InChI=1S/C13H16F3N5/c1-3-8-17-9(2)12-18-19-20-21(12)11-7-5-4-6-10(11)13(14,15)16/h4-7,9,17H,3,8H2,1-2H3. The van der Waals surface area contributed by atoms with Crippen LogP contribution in [-0.2, 0) is 6.18 Å². The van der Waals surface area contributed by atoms with Gasteiger partial charge in [0.05, 0.1) is 17.3 Å². The van der Waals surface area contributed by atoms with E-state index in [1.807, 2.05) is 13.8 Å². The van der Waals surface area contributed by atoms with Gasteiger partial charge >= 0.3 is 6.18 Å². The van der Waals surface area contributed by atoms with Crippen molar-refractivity contribution in [2.24, 2.45) is 0 Å². The third-order valence-electron chi connectivity index (χ3n) is 3.02. The van der Waals surface area contributed by atoms with Crippen LogP contribution in [0.2, 0.25) is 0 Å². The molecule has 0 amide bonds. The van der Waals surface area contributed by atoms with Crippen LogP contribution in [0.1, 0.15) is 37.7 Å². The van der Waals surface area contributed by atoms with Gasteiger partial charge in [0, 0.05) is 0 Å². The number of nitrogens with zero attached hydrogens (tertiary/aromatic N) is 4. The maximum atomic E-state index is 13.1. The lowest BCUT2D eigenvalue weighted by Gasteiger charge is -2.16. The molecule has 1 heterocycles. The molecule has 0 aliphatic rings. The Morgan fingerprint density at radius 3 is 2.67 bits per heavy atom. The van der Waals surface area contributed by atoms with Gasteiger partial charge in [0.1, 0.15) is 0 Å². The van der Waals surface area contributed by atoms with Gasteiger partial charge in [-0.15, -0.1) is 5.10 Å². The van der Waals surface area contributed by atoms with Crippen molar-refractivity contribution in [1.29, 1.82) is 0 Å². The number of rotatable bonds is 5. The van der Waals surface area contributed by atoms with Gasteiger partial charge < -0.3 is 5.32 Å². The third-order valence-corrected chi connectivity index (χ3v) is 3.02. The summed E-state index contributed by atoms with van der Waals surface area (Å²) >= 11 is 0. The van der Waals surface area contributed by atoms with Crippen LogP contribution in [0.4, 0.5) is 13.2 Å². The van der Waals surface area contributed by atoms with E-state index in [9.17, 15) is 13.2 Å². The summed E-state index contributed by atoms with van der Waals surface area (Å²) in [5, 5.41) is 14.2. The quantitative estimate of drug-likeness (QED) is 0.922. The average Bonchev–Trinajstić information content (AvgIpc) is 2.93. The predicted molar refractivity (Wildman–Crippen MR) is 70.9 cm³/mol. The van der Waals surface area contributed by atoms with Crippen molar-refractivity contribution in [3.63, 3.8) is 0 Å². The summed E-state index contributed by atoms with van der Waals surface area (Å²) < 4.78 is 40.4. The van der Waals surface area contributed by atoms with E-state index < -0.39 is 11.7 Å². The maximum absolute atomic E-state index is 13.1. The Labute approximate surface area is 120 Å². The number of tetrazole rings is 1. The summed E-state index contributed by atoms with van der Waals surface area (Å²) in [6, 6.07) is 5.00. The van der Waals surface area contributed by atoms with Gasteiger partial charge in [-0.2, -0.15) is 17.9 Å². The van der Waals surface area contributed by atoms with E-state index in [0.717, 1.165) is 23.7 Å². The van der Waals surface area contributed by atoms with E-state index in [2.05, 4.69) is 20.8 Å². The highest BCUT2D eigenvalue weighted by Crippen LogP contribution is 2.33. The molecule has 1 unspecified atom stereocenters. The number of hydrogen-bond donors (Lipinski definition) is 1. The summed E-state index contributed by atoms with van der Waals surface area (Å²) in [6.45, 7) is 4.55. The lowest BCUT2D eigenvalue weighted by atomic mass is 10.1. The van der Waals surface area contributed by atoms with Gasteiger partial charge in [0.15, 0.2) is 5.82 Å². The molecule has 21 heavy (non-hydrogen) atoms. The van der Waals surface area contributed by atoms with E-state index >= 15 is 0 Å². The molecule has 2 rings (SSSR count). The summed E-state index contributed by atoms with van der Waals surface area (Å²) in [4.78, 5) is 0. The number of benzene rings is 1. The SMILES string of the molecule is CCCNC(C)c1nnnn1-c1ccccc1C(F)(F)F. The van der Waals surface area contributed by atoms with E-state index in [0.29, 0.717) is 5.82 Å². The Bertz CT molecular complexity index is 593. The highest BCUT2D eigenvalue weighted by molar-refractivity contribution is 5.42. The smallest absolute Gasteiger partial charge is 0.307 e. The minimum atomic E-state index is -4.46. The molecule has 1 aromatic heterocycles. The van der Waals surface area contributed by atoms with E-state index in [1.165, 1.54) is 18.2 Å². The monoisotopic (exact) mass is 299 g/mol. The van der Waals surface area contributed by atoms with Gasteiger partial charge in [-0.3, -0.25) is 0 Å². The summed E-state index contributed by atoms with van der Waals surface area (Å²) in [5.74, 6) is 0.347. The van der Waals surface area contributed by atoms with Crippen LogP contribution in [0.5, 0.6) is 0 Å². The average molecular weight is 299 g/mol. The highest BCUT2D eigenvalue weighted by Gasteiger charge is 2.34. The Morgan fingerprint density at radius 2 is 2.00 bits per heavy atom. The second-order valence-electron chi connectivity index (χ2n) is 4.64. The van der Waals surface area contributed by atoms with Gasteiger partial charge in [-0.25, -0.2) is 0 Å². The zero-order chi connectivity index (χ0) is 15.5. The topological polar surface area (TPSA) is 55.6 Å². The fraction of sp³-hybridized carbons (Fsp3) is 0.462. The number of hydrogen-bond acceptors (Lipinski definition) is 4. The van der Waals surface area contributed by atoms with Crippen molar-refractivity contribution >= 4 is 0 Å². The molecule has 0 aliphatic carbocycles. The molecule has 114 valence electrons. The molecule has 8 heteroatoms. The molecule has 1 atom stereocenters. The number of alkyl halides is 3. The van der Waals surface area contributed by atoms with Crippen molar-refractivity contribution in [2.45, 2.75) is 32.5 Å². The first kappa shape index (κ1) is 15.4. The van der Waals surface area contributed by atoms with Crippen LogP contribution in [0.15, 0.2) is 24.3 Å². The summed E-state index contributed by atoms with van der Waals surface area (Å²) in [5.41, 5.74) is -0.837. The molecule has 0 bridgehead atoms. The minimum Gasteiger partial charge on any atom is -0.307 e. The van der Waals surface area contributed by atoms with E-state index in [1.54, 1.807) is 0 Å². The number of aromatic nitrogens is 4. The van der Waals surface area contributed by atoms with Crippen LogP contribution in [0.25, 0.3) is 5.69 Å². The lowest BCUT2D eigenvalue weighted by Crippen LogP contribution is -2.23. The van der Waals surface area contributed by atoms with Gasteiger partial charge in [-0.05, 0) is 42.4 Å². The van der Waals surface area contributed by atoms with Crippen LogP contribution in [0.3, 0.4) is 0 Å². The van der Waals surface area contributed by atoms with Crippen LogP contribution in [-0.4, -0.2) is 26.8 Å². The van der Waals surface area contributed by atoms with Crippen LogP contribution < -0.4 is 5.32 Å². The maximum Gasteiger partial charge on any atom is 0.418 e. The fourth-order valence-electron chi connectivity index (χ4n) is 1.99. The lowest BCUT2D eigenvalue weighted by molar-refractivity contribution is -0.137. The van der Waals surface area contributed by atoms with Crippen LogP contribution in [0, 0.1) is 0 Å². The highest BCUT2D eigenvalue weighted by atomic mass is 19.4. The molecule has 5 nitrogen and oxygen atoms in total. The number of nitrogens with one attached hydrogen (secondary N) is 1. The second kappa shape index (κ2) is 6.21. The first-order chi connectivity index (χ1) is 9.95. The van der Waals surface area contributed by atoms with E-state index in [4.69, 9.17) is 0 Å². The number of para-hydroxylation sites is 1. The first-order valence-corrected chi connectivity index (χ1v) is 6.63. The van der Waals surface area contributed by atoms with Gasteiger partial charge in [-0.1, -0.05) is 19.1 Å². The predicted octanol–water partition coefficient (Wildman–Crippen LogP) is 2.74. The Balaban J connectivity index is 2.43. The van der Waals surface area contributed by atoms with Crippen molar-refractivity contribution in [2.75, 3.05) is 6.54 Å². The molecule has 1 aromatic carbocycles. The Hall–Kier alpha value is -1.96. The third kappa shape index (κ3) is 3.38. The zero-order valence-electron chi connectivity index (χ0n) is 11.7. The minimum absolute atomic E-state index is 0.0739. The second-order valence-corrected chi connectivity index (χ2v) is 4.64. The molecule has 0 aliphatic heterocycles. The molecular formula is C13H16F3N5. The van der Waals surface area contributed by atoms with E-state index in [-0.39, 0.29) is 11.7 Å². The fourth-order valence-corrected chi connectivity index (χ4v) is 1.99. The Kier molecular flexibility index (Phi) is 4.56. The van der Waals surface area contributed by atoms with Crippen molar-refractivity contribution in [1.82, 2.24) is 25.5 Å². The largest absolute Gasteiger partial charge is 0.418 e. The van der Waals surface area contributed by atoms with Gasteiger partial charge in [0.25, 0.3) is 0 Å². The normalized spacial score (nSPS) is 13.4. The first-order valence-electron chi connectivity index (χ1n) is 6.63. The van der Waals surface area contributed by atoms with Gasteiger partial charge in [0.2, 0.25) is 0 Å². The molecule has 0 spiro atoms. The van der Waals surface area contributed by atoms with Crippen molar-refractivity contribution in [3.05, 3.63) is 35.7 Å². The molecule has 0 saturated heterocycles. The molecular weight excluding hydrogens is 283 g/mol. The summed E-state index contributed by atoms with van der Waals surface area (Å²) in [7, 11) is 0. The molecule has 0 saturated carbocycles. The molecule has 0 radical (unpaired) electrons. The molecule has 2 aromatic rings.